The van der Waals surface area contributed by atoms with Gasteiger partial charge in [-0.1, -0.05) is 6.07 Å². The highest BCUT2D eigenvalue weighted by molar-refractivity contribution is 5.86. The number of aromatic nitrogens is 6. The predicted octanol–water partition coefficient (Wildman–Crippen LogP) is 2.62. The van der Waals surface area contributed by atoms with Gasteiger partial charge in [0, 0.05) is 12.1 Å². The maximum Gasteiger partial charge on any atom is 0.161 e. The van der Waals surface area contributed by atoms with Crippen LogP contribution in [0.5, 0.6) is 0 Å². The van der Waals surface area contributed by atoms with Crippen LogP contribution in [0.25, 0.3) is 16.7 Å². The van der Waals surface area contributed by atoms with Gasteiger partial charge in [0.2, 0.25) is 0 Å². The molecule has 1 fully saturated rings. The van der Waals surface area contributed by atoms with Crippen LogP contribution in [0.3, 0.4) is 0 Å². The molecule has 0 atom stereocenters. The summed E-state index contributed by atoms with van der Waals surface area (Å²) < 4.78 is 1.99. The van der Waals surface area contributed by atoms with Crippen molar-refractivity contribution >= 4 is 28.3 Å². The Kier molecular flexibility index (Phi) is 2.26. The number of hydrogen-bond donors (Lipinski definition) is 2. The highest BCUT2D eigenvalue weighted by atomic mass is 15.2. The van der Waals surface area contributed by atoms with Crippen molar-refractivity contribution in [3.63, 3.8) is 0 Å². The highest BCUT2D eigenvalue weighted by Gasteiger charge is 2.28. The Morgan fingerprint density at radius 2 is 2.14 bits per heavy atom. The van der Waals surface area contributed by atoms with E-state index >= 15 is 0 Å². The zero-order valence-corrected chi connectivity index (χ0v) is 11.7. The summed E-state index contributed by atoms with van der Waals surface area (Å²) in [6.07, 6.45) is 7.84. The van der Waals surface area contributed by atoms with Gasteiger partial charge >= 0.3 is 0 Å². The van der Waals surface area contributed by atoms with Crippen molar-refractivity contribution in [3.8, 4) is 0 Å². The number of H-pyrrole nitrogens is 1. The van der Waals surface area contributed by atoms with Gasteiger partial charge in [-0.25, -0.2) is 15.0 Å². The Hall–Kier alpha value is -2.96. The summed E-state index contributed by atoms with van der Waals surface area (Å²) in [7, 11) is 0. The number of pyridine rings is 1. The second kappa shape index (κ2) is 4.27. The number of nitrogens with one attached hydrogen (secondary N) is 2. The maximum atomic E-state index is 4.68. The van der Waals surface area contributed by atoms with Gasteiger partial charge in [0.05, 0.1) is 12.4 Å². The van der Waals surface area contributed by atoms with Gasteiger partial charge in [0.15, 0.2) is 5.82 Å². The fourth-order valence-corrected chi connectivity index (χ4v) is 2.62. The molecule has 7 nitrogen and oxygen atoms in total. The van der Waals surface area contributed by atoms with Gasteiger partial charge in [0.25, 0.3) is 0 Å². The van der Waals surface area contributed by atoms with Gasteiger partial charge in [-0.15, -0.1) is 0 Å². The van der Waals surface area contributed by atoms with E-state index in [4.69, 9.17) is 0 Å². The molecule has 22 heavy (non-hydrogen) atoms. The zero-order valence-electron chi connectivity index (χ0n) is 11.7. The molecule has 4 aromatic heterocycles. The number of hydrogen-bond acceptors (Lipinski definition) is 5. The molecule has 0 bridgehead atoms. The first-order valence-electron chi connectivity index (χ1n) is 7.28. The zero-order chi connectivity index (χ0) is 14.5. The van der Waals surface area contributed by atoms with Gasteiger partial charge < -0.3 is 5.32 Å². The van der Waals surface area contributed by atoms with Crippen LogP contribution in [-0.4, -0.2) is 29.5 Å². The Morgan fingerprint density at radius 3 is 3.05 bits per heavy atom. The maximum absolute atomic E-state index is 4.68. The fourth-order valence-electron chi connectivity index (χ4n) is 2.62. The summed E-state index contributed by atoms with van der Waals surface area (Å²) in [6.45, 7) is 0. The first-order chi connectivity index (χ1) is 10.9. The van der Waals surface area contributed by atoms with Crippen LogP contribution in [0.1, 0.15) is 24.6 Å². The van der Waals surface area contributed by atoms with Crippen LogP contribution in [0.2, 0.25) is 0 Å². The Morgan fingerprint density at radius 1 is 1.18 bits per heavy atom. The van der Waals surface area contributed by atoms with E-state index in [2.05, 4.69) is 30.5 Å². The third-order valence-electron chi connectivity index (χ3n) is 3.92. The topological polar surface area (TPSA) is 83.8 Å². The standard InChI is InChI=1S/C15H13N7/c1-2-6-22-11(3-1)16-8-12(22)19-15-13-10(7-17-21-13)18-14(20-15)9-4-5-9/h1-3,6-9H,4-5H2,(H,17,21)(H,18,19,20). The molecule has 1 aliphatic carbocycles. The van der Waals surface area contributed by atoms with E-state index in [0.717, 1.165) is 34.1 Å². The largest absolute Gasteiger partial charge is 0.323 e. The molecule has 108 valence electrons. The minimum Gasteiger partial charge on any atom is -0.323 e. The molecule has 0 radical (unpaired) electrons. The number of imidazole rings is 1. The van der Waals surface area contributed by atoms with E-state index in [1.165, 1.54) is 12.8 Å². The van der Waals surface area contributed by atoms with E-state index in [1.54, 1.807) is 12.4 Å². The second-order valence-electron chi connectivity index (χ2n) is 5.53. The summed E-state index contributed by atoms with van der Waals surface area (Å²) in [5.41, 5.74) is 2.55. The van der Waals surface area contributed by atoms with Gasteiger partial charge in [-0.3, -0.25) is 9.50 Å². The molecular weight excluding hydrogens is 278 g/mol. The van der Waals surface area contributed by atoms with Crippen LogP contribution >= 0.6 is 0 Å². The van der Waals surface area contributed by atoms with Crippen molar-refractivity contribution in [3.05, 3.63) is 42.6 Å². The van der Waals surface area contributed by atoms with Crippen LogP contribution in [0.15, 0.2) is 36.8 Å². The lowest BCUT2D eigenvalue weighted by Crippen LogP contribution is -2.02. The summed E-state index contributed by atoms with van der Waals surface area (Å²) in [5, 5.41) is 10.4. The normalized spacial score (nSPS) is 14.7. The Bertz CT molecular complexity index is 980. The molecule has 4 aromatic rings. The minimum atomic E-state index is 0.488. The number of aromatic amines is 1. The third-order valence-corrected chi connectivity index (χ3v) is 3.92. The molecule has 0 aliphatic heterocycles. The quantitative estimate of drug-likeness (QED) is 0.606. The molecule has 5 rings (SSSR count). The van der Waals surface area contributed by atoms with E-state index in [9.17, 15) is 0 Å². The number of anilines is 2. The molecule has 1 aliphatic rings. The highest BCUT2D eigenvalue weighted by Crippen LogP contribution is 2.39. The average molecular weight is 291 g/mol. The molecule has 0 spiro atoms. The first-order valence-corrected chi connectivity index (χ1v) is 7.28. The lowest BCUT2D eigenvalue weighted by molar-refractivity contribution is 0.949. The predicted molar refractivity (Wildman–Crippen MR) is 82.1 cm³/mol. The minimum absolute atomic E-state index is 0.488. The van der Waals surface area contributed by atoms with Crippen molar-refractivity contribution in [1.29, 1.82) is 0 Å². The van der Waals surface area contributed by atoms with Crippen LogP contribution in [0.4, 0.5) is 11.6 Å². The van der Waals surface area contributed by atoms with Crippen molar-refractivity contribution in [1.82, 2.24) is 29.5 Å². The van der Waals surface area contributed by atoms with Crippen molar-refractivity contribution in [2.75, 3.05) is 5.32 Å². The van der Waals surface area contributed by atoms with Crippen LogP contribution in [0, 0.1) is 0 Å². The third kappa shape index (κ3) is 1.75. The smallest absolute Gasteiger partial charge is 0.161 e. The van der Waals surface area contributed by atoms with Crippen LogP contribution < -0.4 is 5.32 Å². The van der Waals surface area contributed by atoms with E-state index < -0.39 is 0 Å². The van der Waals surface area contributed by atoms with Crippen molar-refractivity contribution in [2.24, 2.45) is 0 Å². The molecule has 7 heteroatoms. The summed E-state index contributed by atoms with van der Waals surface area (Å²) >= 11 is 0. The lowest BCUT2D eigenvalue weighted by atomic mass is 10.3. The number of nitrogens with zero attached hydrogens (tertiary/aromatic N) is 5. The molecular formula is C15H13N7. The molecule has 4 heterocycles. The summed E-state index contributed by atoms with van der Waals surface area (Å²) in [4.78, 5) is 13.6. The van der Waals surface area contributed by atoms with Crippen LogP contribution in [-0.2, 0) is 0 Å². The summed E-state index contributed by atoms with van der Waals surface area (Å²) in [6, 6.07) is 5.91. The average Bonchev–Trinajstić information content (AvgIpc) is 3.16. The fraction of sp³-hybridized carbons (Fsp3) is 0.200. The second-order valence-corrected chi connectivity index (χ2v) is 5.53. The molecule has 0 aromatic carbocycles. The van der Waals surface area contributed by atoms with Gasteiger partial charge in [-0.05, 0) is 25.0 Å². The Balaban J connectivity index is 1.65. The van der Waals surface area contributed by atoms with Crippen molar-refractivity contribution in [2.45, 2.75) is 18.8 Å². The molecule has 2 N–H and O–H groups in total. The first kappa shape index (κ1) is 11.7. The number of rotatable bonds is 3. The Labute approximate surface area is 125 Å². The molecule has 0 saturated heterocycles. The lowest BCUT2D eigenvalue weighted by Gasteiger charge is -2.07. The SMILES string of the molecule is c1ccn2c(Nc3nc(C4CC4)nc4cn[nH]c34)cnc2c1. The van der Waals surface area contributed by atoms with E-state index in [1.807, 2.05) is 28.8 Å². The van der Waals surface area contributed by atoms with E-state index in [0.29, 0.717) is 5.92 Å². The molecule has 0 amide bonds. The number of fused-ring (bicyclic) bond motifs is 2. The van der Waals surface area contributed by atoms with Gasteiger partial charge in [-0.2, -0.15) is 5.10 Å². The van der Waals surface area contributed by atoms with Gasteiger partial charge in [0.1, 0.15) is 28.3 Å². The summed E-state index contributed by atoms with van der Waals surface area (Å²) in [5.74, 6) is 2.99. The van der Waals surface area contributed by atoms with E-state index in [-0.39, 0.29) is 0 Å². The molecule has 1 saturated carbocycles. The molecule has 0 unspecified atom stereocenters. The monoisotopic (exact) mass is 291 g/mol. The van der Waals surface area contributed by atoms with Crippen molar-refractivity contribution < 1.29 is 0 Å².